The van der Waals surface area contributed by atoms with Gasteiger partial charge < -0.3 is 15.4 Å². The third kappa shape index (κ3) is 3.12. The molecule has 1 aliphatic carbocycles. The monoisotopic (exact) mass is 240 g/mol. The molecule has 3 atom stereocenters. The lowest BCUT2D eigenvalue weighted by atomic mass is 9.79. The van der Waals surface area contributed by atoms with Crippen molar-refractivity contribution in [1.29, 1.82) is 0 Å². The lowest BCUT2D eigenvalue weighted by Crippen LogP contribution is -2.35. The summed E-state index contributed by atoms with van der Waals surface area (Å²) in [5.41, 5.74) is 5.58. The van der Waals surface area contributed by atoms with Crippen LogP contribution in [0, 0.1) is 11.8 Å². The first kappa shape index (κ1) is 12.7. The molecule has 1 saturated heterocycles. The van der Waals surface area contributed by atoms with E-state index in [9.17, 15) is 4.79 Å². The standard InChI is InChI=1S/C13H24N2O2/c1-13(2,3)17-12(16)15-7-9-4-5-11(14)6-10(9)8-15/h9-11H,4-8,14H2,1-3H3/t9-,10-,11-/m0/s1. The van der Waals surface area contributed by atoms with Crippen LogP contribution in [0.15, 0.2) is 0 Å². The van der Waals surface area contributed by atoms with Crippen molar-refractivity contribution in [2.75, 3.05) is 13.1 Å². The molecule has 2 fully saturated rings. The van der Waals surface area contributed by atoms with Crippen molar-refractivity contribution in [3.63, 3.8) is 0 Å². The molecule has 1 amide bonds. The minimum absolute atomic E-state index is 0.166. The molecule has 2 rings (SSSR count). The maximum absolute atomic E-state index is 12.0. The molecule has 1 aliphatic heterocycles. The fraction of sp³-hybridized carbons (Fsp3) is 0.923. The quantitative estimate of drug-likeness (QED) is 0.704. The van der Waals surface area contributed by atoms with Gasteiger partial charge in [0.1, 0.15) is 5.60 Å². The zero-order valence-electron chi connectivity index (χ0n) is 11.1. The summed E-state index contributed by atoms with van der Waals surface area (Å²) in [6, 6.07) is 0.329. The number of amides is 1. The smallest absolute Gasteiger partial charge is 0.410 e. The Hall–Kier alpha value is -0.770. The van der Waals surface area contributed by atoms with Crippen LogP contribution in [-0.2, 0) is 4.74 Å². The number of carbonyl (C=O) groups excluding carboxylic acids is 1. The van der Waals surface area contributed by atoms with E-state index in [-0.39, 0.29) is 6.09 Å². The molecule has 0 aromatic rings. The van der Waals surface area contributed by atoms with Gasteiger partial charge in [-0.25, -0.2) is 4.79 Å². The van der Waals surface area contributed by atoms with Crippen molar-refractivity contribution in [1.82, 2.24) is 4.90 Å². The van der Waals surface area contributed by atoms with Crippen molar-refractivity contribution < 1.29 is 9.53 Å². The highest BCUT2D eigenvalue weighted by atomic mass is 16.6. The first-order valence-corrected chi connectivity index (χ1v) is 6.58. The fourth-order valence-electron chi connectivity index (χ4n) is 2.94. The van der Waals surface area contributed by atoms with Gasteiger partial charge in [0.05, 0.1) is 0 Å². The highest BCUT2D eigenvalue weighted by Crippen LogP contribution is 2.36. The number of fused-ring (bicyclic) bond motifs is 1. The van der Waals surface area contributed by atoms with E-state index in [1.165, 1.54) is 0 Å². The minimum atomic E-state index is -0.402. The number of rotatable bonds is 0. The van der Waals surface area contributed by atoms with Gasteiger partial charge in [-0.3, -0.25) is 0 Å². The van der Waals surface area contributed by atoms with Crippen molar-refractivity contribution >= 4 is 6.09 Å². The number of hydrogen-bond acceptors (Lipinski definition) is 3. The Labute approximate surface area is 103 Å². The first-order valence-electron chi connectivity index (χ1n) is 6.58. The third-order valence-corrected chi connectivity index (χ3v) is 3.74. The van der Waals surface area contributed by atoms with Crippen molar-refractivity contribution in [3.05, 3.63) is 0 Å². The second kappa shape index (κ2) is 4.48. The van der Waals surface area contributed by atoms with E-state index in [2.05, 4.69) is 0 Å². The Morgan fingerprint density at radius 2 is 1.88 bits per heavy atom. The lowest BCUT2D eigenvalue weighted by Gasteiger charge is -2.27. The van der Waals surface area contributed by atoms with Gasteiger partial charge in [-0.2, -0.15) is 0 Å². The molecular weight excluding hydrogens is 216 g/mol. The Bertz CT molecular complexity index is 298. The van der Waals surface area contributed by atoms with Gasteiger partial charge in [0.15, 0.2) is 0 Å². The average molecular weight is 240 g/mol. The Morgan fingerprint density at radius 1 is 1.24 bits per heavy atom. The molecule has 0 bridgehead atoms. The SMILES string of the molecule is CC(C)(C)OC(=O)N1C[C@@H]2CC[C@H](N)C[C@H]2C1. The van der Waals surface area contributed by atoms with E-state index >= 15 is 0 Å². The molecule has 2 N–H and O–H groups in total. The Morgan fingerprint density at radius 3 is 2.53 bits per heavy atom. The molecule has 0 spiro atoms. The molecule has 4 nitrogen and oxygen atoms in total. The molecular formula is C13H24N2O2. The number of likely N-dealkylation sites (tertiary alicyclic amines) is 1. The number of nitrogens with zero attached hydrogens (tertiary/aromatic N) is 1. The number of ether oxygens (including phenoxy) is 1. The average Bonchev–Trinajstić information content (AvgIpc) is 2.57. The molecule has 1 heterocycles. The van der Waals surface area contributed by atoms with Crippen LogP contribution in [0.2, 0.25) is 0 Å². The number of carbonyl (C=O) groups is 1. The van der Waals surface area contributed by atoms with Gasteiger partial charge in [-0.1, -0.05) is 0 Å². The van der Waals surface area contributed by atoms with E-state index in [4.69, 9.17) is 10.5 Å². The Balaban J connectivity index is 1.91. The Kier molecular flexibility index (Phi) is 3.34. The molecule has 0 radical (unpaired) electrons. The van der Waals surface area contributed by atoms with Crippen LogP contribution >= 0.6 is 0 Å². The van der Waals surface area contributed by atoms with Gasteiger partial charge in [0.25, 0.3) is 0 Å². The van der Waals surface area contributed by atoms with Crippen LogP contribution in [0.5, 0.6) is 0 Å². The van der Waals surface area contributed by atoms with Crippen LogP contribution in [0.1, 0.15) is 40.0 Å². The van der Waals surface area contributed by atoms with E-state index < -0.39 is 5.60 Å². The van der Waals surface area contributed by atoms with Crippen molar-refractivity contribution in [2.24, 2.45) is 17.6 Å². The summed E-state index contributed by atoms with van der Waals surface area (Å²) in [6.45, 7) is 7.40. The van der Waals surface area contributed by atoms with Crippen LogP contribution in [0.25, 0.3) is 0 Å². The van der Waals surface area contributed by atoms with Crippen molar-refractivity contribution in [2.45, 2.75) is 51.7 Å². The molecule has 0 unspecified atom stereocenters. The van der Waals surface area contributed by atoms with Gasteiger partial charge in [-0.05, 0) is 51.9 Å². The van der Waals surface area contributed by atoms with Crippen LogP contribution < -0.4 is 5.73 Å². The molecule has 4 heteroatoms. The first-order chi connectivity index (χ1) is 7.85. The highest BCUT2D eigenvalue weighted by Gasteiger charge is 2.39. The van der Waals surface area contributed by atoms with Gasteiger partial charge in [0.2, 0.25) is 0 Å². The maximum atomic E-state index is 12.0. The number of nitrogens with two attached hydrogens (primary N) is 1. The van der Waals surface area contributed by atoms with Crippen LogP contribution in [-0.4, -0.2) is 35.7 Å². The zero-order valence-corrected chi connectivity index (χ0v) is 11.1. The fourth-order valence-corrected chi connectivity index (χ4v) is 2.94. The molecule has 2 aliphatic rings. The second-order valence-corrected chi connectivity index (χ2v) is 6.48. The van der Waals surface area contributed by atoms with Crippen molar-refractivity contribution in [3.8, 4) is 0 Å². The maximum Gasteiger partial charge on any atom is 0.410 e. The highest BCUT2D eigenvalue weighted by molar-refractivity contribution is 5.68. The summed E-state index contributed by atoms with van der Waals surface area (Å²) < 4.78 is 5.41. The van der Waals surface area contributed by atoms with Gasteiger partial charge in [0, 0.05) is 19.1 Å². The lowest BCUT2D eigenvalue weighted by molar-refractivity contribution is 0.0284. The largest absolute Gasteiger partial charge is 0.444 e. The number of hydrogen-bond donors (Lipinski definition) is 1. The predicted octanol–water partition coefficient (Wildman–Crippen LogP) is 1.98. The topological polar surface area (TPSA) is 55.6 Å². The summed E-state index contributed by atoms with van der Waals surface area (Å²) in [5.74, 6) is 1.23. The normalized spacial score (nSPS) is 33.4. The third-order valence-electron chi connectivity index (χ3n) is 3.74. The summed E-state index contributed by atoms with van der Waals surface area (Å²) in [5, 5.41) is 0. The van der Waals surface area contributed by atoms with Gasteiger partial charge in [-0.15, -0.1) is 0 Å². The molecule has 98 valence electrons. The molecule has 0 aromatic heterocycles. The van der Waals surface area contributed by atoms with E-state index in [0.29, 0.717) is 17.9 Å². The summed E-state index contributed by atoms with van der Waals surface area (Å²) in [6.07, 6.45) is 3.15. The van der Waals surface area contributed by atoms with E-state index in [0.717, 1.165) is 32.4 Å². The molecule has 17 heavy (non-hydrogen) atoms. The van der Waals surface area contributed by atoms with E-state index in [1.54, 1.807) is 0 Å². The minimum Gasteiger partial charge on any atom is -0.444 e. The molecule has 0 aromatic carbocycles. The van der Waals surface area contributed by atoms with E-state index in [1.807, 2.05) is 25.7 Å². The predicted molar refractivity (Wildman–Crippen MR) is 66.6 cm³/mol. The molecule has 1 saturated carbocycles. The van der Waals surface area contributed by atoms with Gasteiger partial charge >= 0.3 is 6.09 Å². The second-order valence-electron chi connectivity index (χ2n) is 6.48. The summed E-state index contributed by atoms with van der Waals surface area (Å²) in [7, 11) is 0. The van der Waals surface area contributed by atoms with Crippen LogP contribution in [0.3, 0.4) is 0 Å². The summed E-state index contributed by atoms with van der Waals surface area (Å²) in [4.78, 5) is 13.8. The van der Waals surface area contributed by atoms with Crippen LogP contribution in [0.4, 0.5) is 4.79 Å². The summed E-state index contributed by atoms with van der Waals surface area (Å²) >= 11 is 0. The zero-order chi connectivity index (χ0) is 12.6.